The Labute approximate surface area is 110 Å². The quantitative estimate of drug-likeness (QED) is 0.783. The van der Waals surface area contributed by atoms with Crippen LogP contribution in [0.3, 0.4) is 0 Å². The Balaban J connectivity index is 2.68. The van der Waals surface area contributed by atoms with Crippen LogP contribution in [0, 0.1) is 5.41 Å². The van der Waals surface area contributed by atoms with Crippen LogP contribution in [0.15, 0.2) is 24.3 Å². The predicted octanol–water partition coefficient (Wildman–Crippen LogP) is 2.75. The summed E-state index contributed by atoms with van der Waals surface area (Å²) in [6, 6.07) is 8.23. The SMILES string of the molecule is CCC(C)(CO)CN[C@H](C)c1ccccc1OC. The number of methoxy groups -OCH3 is 1. The van der Waals surface area contributed by atoms with Gasteiger partial charge in [-0.15, -0.1) is 0 Å². The lowest BCUT2D eigenvalue weighted by atomic mass is 9.88. The van der Waals surface area contributed by atoms with Crippen molar-refractivity contribution in [2.75, 3.05) is 20.3 Å². The molecule has 0 spiro atoms. The van der Waals surface area contributed by atoms with Gasteiger partial charge in [-0.05, 0) is 19.4 Å². The van der Waals surface area contributed by atoms with Crippen LogP contribution >= 0.6 is 0 Å². The lowest BCUT2D eigenvalue weighted by Crippen LogP contribution is -2.35. The molecule has 0 amide bonds. The van der Waals surface area contributed by atoms with Gasteiger partial charge in [0.15, 0.2) is 0 Å². The average molecular weight is 251 g/mol. The topological polar surface area (TPSA) is 41.5 Å². The van der Waals surface area contributed by atoms with Crippen molar-refractivity contribution in [1.82, 2.24) is 5.32 Å². The highest BCUT2D eigenvalue weighted by Crippen LogP contribution is 2.26. The number of aliphatic hydroxyl groups excluding tert-OH is 1. The molecule has 1 aromatic carbocycles. The Bertz CT molecular complexity index is 361. The fourth-order valence-corrected chi connectivity index (χ4v) is 1.83. The minimum absolute atomic E-state index is 0.0593. The molecule has 2 atom stereocenters. The van der Waals surface area contributed by atoms with Crippen molar-refractivity contribution in [2.45, 2.75) is 33.2 Å². The summed E-state index contributed by atoms with van der Waals surface area (Å²) in [5.74, 6) is 0.903. The normalized spacial score (nSPS) is 16.1. The third-order valence-electron chi connectivity index (χ3n) is 3.68. The molecule has 0 aliphatic carbocycles. The van der Waals surface area contributed by atoms with Crippen molar-refractivity contribution in [1.29, 1.82) is 0 Å². The molecule has 0 bridgehead atoms. The second-order valence-electron chi connectivity index (χ2n) is 5.17. The van der Waals surface area contributed by atoms with E-state index in [2.05, 4.69) is 32.2 Å². The molecule has 0 heterocycles. The number of aliphatic hydroxyl groups is 1. The third kappa shape index (κ3) is 3.72. The first-order valence-electron chi connectivity index (χ1n) is 6.53. The lowest BCUT2D eigenvalue weighted by molar-refractivity contribution is 0.132. The maximum absolute atomic E-state index is 9.40. The van der Waals surface area contributed by atoms with Gasteiger partial charge in [-0.25, -0.2) is 0 Å². The molecule has 0 aromatic heterocycles. The van der Waals surface area contributed by atoms with Gasteiger partial charge >= 0.3 is 0 Å². The number of para-hydroxylation sites is 1. The Morgan fingerprint density at radius 2 is 2.06 bits per heavy atom. The molecule has 0 aliphatic heterocycles. The maximum atomic E-state index is 9.40. The minimum atomic E-state index is -0.0593. The first kappa shape index (κ1) is 15.0. The first-order chi connectivity index (χ1) is 8.56. The zero-order chi connectivity index (χ0) is 13.6. The van der Waals surface area contributed by atoms with Gasteiger partial charge in [-0.3, -0.25) is 0 Å². The van der Waals surface area contributed by atoms with Crippen LogP contribution in [0.5, 0.6) is 5.75 Å². The summed E-state index contributed by atoms with van der Waals surface area (Å²) in [6.07, 6.45) is 0.954. The number of rotatable bonds is 7. The molecule has 1 aromatic rings. The van der Waals surface area contributed by atoms with E-state index < -0.39 is 0 Å². The Hall–Kier alpha value is -1.06. The average Bonchev–Trinajstić information content (AvgIpc) is 2.44. The van der Waals surface area contributed by atoms with Crippen LogP contribution < -0.4 is 10.1 Å². The molecule has 0 fully saturated rings. The highest BCUT2D eigenvalue weighted by Gasteiger charge is 2.22. The zero-order valence-electron chi connectivity index (χ0n) is 11.9. The van der Waals surface area contributed by atoms with Gasteiger partial charge in [-0.2, -0.15) is 0 Å². The van der Waals surface area contributed by atoms with Gasteiger partial charge in [0.05, 0.1) is 7.11 Å². The second-order valence-corrected chi connectivity index (χ2v) is 5.17. The molecular formula is C15H25NO2. The van der Waals surface area contributed by atoms with Crippen LogP contribution in [0.25, 0.3) is 0 Å². The molecule has 3 nitrogen and oxygen atoms in total. The molecule has 1 unspecified atom stereocenters. The van der Waals surface area contributed by atoms with Crippen LogP contribution in [-0.2, 0) is 0 Å². The first-order valence-corrected chi connectivity index (χ1v) is 6.53. The highest BCUT2D eigenvalue weighted by molar-refractivity contribution is 5.35. The van der Waals surface area contributed by atoms with E-state index in [1.807, 2.05) is 18.2 Å². The smallest absolute Gasteiger partial charge is 0.123 e. The molecule has 1 rings (SSSR count). The zero-order valence-corrected chi connectivity index (χ0v) is 11.9. The van der Waals surface area contributed by atoms with Crippen molar-refractivity contribution < 1.29 is 9.84 Å². The van der Waals surface area contributed by atoms with Crippen molar-refractivity contribution in [2.24, 2.45) is 5.41 Å². The van der Waals surface area contributed by atoms with Gasteiger partial charge < -0.3 is 15.2 Å². The largest absolute Gasteiger partial charge is 0.496 e. The van der Waals surface area contributed by atoms with Crippen LogP contribution in [-0.4, -0.2) is 25.4 Å². The molecule has 0 saturated carbocycles. The number of ether oxygens (including phenoxy) is 1. The summed E-state index contributed by atoms with van der Waals surface area (Å²) in [4.78, 5) is 0. The standard InChI is InChI=1S/C15H25NO2/c1-5-15(3,11-17)10-16-12(2)13-8-6-7-9-14(13)18-4/h6-9,12,16-17H,5,10-11H2,1-4H3/t12-,15?/m1/s1. The van der Waals surface area contributed by atoms with Crippen molar-refractivity contribution in [3.63, 3.8) is 0 Å². The molecule has 0 saturated heterocycles. The van der Waals surface area contributed by atoms with E-state index in [-0.39, 0.29) is 18.1 Å². The van der Waals surface area contributed by atoms with Gasteiger partial charge in [0.1, 0.15) is 5.75 Å². The summed E-state index contributed by atoms with van der Waals surface area (Å²) in [5.41, 5.74) is 1.09. The summed E-state index contributed by atoms with van der Waals surface area (Å²) in [7, 11) is 1.69. The van der Waals surface area contributed by atoms with Crippen LogP contribution in [0.2, 0.25) is 0 Å². The fourth-order valence-electron chi connectivity index (χ4n) is 1.83. The number of hydrogen-bond acceptors (Lipinski definition) is 3. The summed E-state index contributed by atoms with van der Waals surface area (Å²) >= 11 is 0. The molecule has 0 aliphatic rings. The Morgan fingerprint density at radius 1 is 1.39 bits per heavy atom. The van der Waals surface area contributed by atoms with E-state index in [1.165, 1.54) is 0 Å². The van der Waals surface area contributed by atoms with E-state index in [4.69, 9.17) is 4.74 Å². The molecule has 18 heavy (non-hydrogen) atoms. The van der Waals surface area contributed by atoms with E-state index >= 15 is 0 Å². The van der Waals surface area contributed by atoms with Crippen molar-refractivity contribution in [3.05, 3.63) is 29.8 Å². The van der Waals surface area contributed by atoms with Gasteiger partial charge in [0, 0.05) is 30.2 Å². The molecule has 102 valence electrons. The second kappa shape index (κ2) is 6.76. The van der Waals surface area contributed by atoms with Crippen molar-refractivity contribution >= 4 is 0 Å². The minimum Gasteiger partial charge on any atom is -0.496 e. The summed E-state index contributed by atoms with van der Waals surface area (Å²) in [5, 5.41) is 12.9. The highest BCUT2D eigenvalue weighted by atomic mass is 16.5. The van der Waals surface area contributed by atoms with Crippen LogP contribution in [0.4, 0.5) is 0 Å². The third-order valence-corrected chi connectivity index (χ3v) is 3.68. The number of benzene rings is 1. The van der Waals surface area contributed by atoms with Gasteiger partial charge in [0.25, 0.3) is 0 Å². The predicted molar refractivity (Wildman–Crippen MR) is 74.9 cm³/mol. The summed E-state index contributed by atoms with van der Waals surface area (Å²) in [6.45, 7) is 7.31. The van der Waals surface area contributed by atoms with Gasteiger partial charge in [-0.1, -0.05) is 32.0 Å². The van der Waals surface area contributed by atoms with E-state index in [0.29, 0.717) is 0 Å². The van der Waals surface area contributed by atoms with E-state index in [9.17, 15) is 5.11 Å². The Morgan fingerprint density at radius 3 is 2.61 bits per heavy atom. The number of hydrogen-bond donors (Lipinski definition) is 2. The molecule has 2 N–H and O–H groups in total. The van der Waals surface area contributed by atoms with E-state index in [0.717, 1.165) is 24.3 Å². The monoisotopic (exact) mass is 251 g/mol. The van der Waals surface area contributed by atoms with Crippen molar-refractivity contribution in [3.8, 4) is 5.75 Å². The summed E-state index contributed by atoms with van der Waals surface area (Å²) < 4.78 is 5.36. The molecule has 0 radical (unpaired) electrons. The molecular weight excluding hydrogens is 226 g/mol. The number of nitrogens with one attached hydrogen (secondary N) is 1. The van der Waals surface area contributed by atoms with Gasteiger partial charge in [0.2, 0.25) is 0 Å². The maximum Gasteiger partial charge on any atom is 0.123 e. The lowest BCUT2D eigenvalue weighted by Gasteiger charge is -2.28. The molecule has 3 heteroatoms. The van der Waals surface area contributed by atoms with Crippen LogP contribution in [0.1, 0.15) is 38.8 Å². The Kier molecular flexibility index (Phi) is 5.63. The van der Waals surface area contributed by atoms with E-state index in [1.54, 1.807) is 7.11 Å². The fraction of sp³-hybridized carbons (Fsp3) is 0.600.